The molecule has 0 aliphatic rings. The van der Waals surface area contributed by atoms with Gasteiger partial charge in [-0.05, 0) is 18.6 Å². The highest BCUT2D eigenvalue weighted by atomic mass is 16.5. The van der Waals surface area contributed by atoms with Crippen LogP contribution in [0.25, 0.3) is 11.0 Å². The first-order chi connectivity index (χ1) is 8.40. The molecule has 92 valence electrons. The lowest BCUT2D eigenvalue weighted by molar-refractivity contribution is 0.124. The van der Waals surface area contributed by atoms with Gasteiger partial charge in [0.05, 0.1) is 17.6 Å². The van der Waals surface area contributed by atoms with Crippen molar-refractivity contribution in [1.29, 1.82) is 0 Å². The fourth-order valence-corrected chi connectivity index (χ4v) is 1.55. The third-order valence-corrected chi connectivity index (χ3v) is 2.38. The average molecular weight is 235 g/mol. The average Bonchev–Trinajstić information content (AvgIpc) is 2.76. The molecule has 0 spiro atoms. The van der Waals surface area contributed by atoms with Gasteiger partial charge >= 0.3 is 0 Å². The molecule has 3 N–H and O–H groups in total. The summed E-state index contributed by atoms with van der Waals surface area (Å²) in [6.07, 6.45) is 0.685. The van der Waals surface area contributed by atoms with Crippen LogP contribution in [-0.4, -0.2) is 41.4 Å². The third kappa shape index (κ3) is 3.44. The minimum atomic E-state index is 0.178. The second-order valence-electron chi connectivity index (χ2n) is 3.72. The van der Waals surface area contributed by atoms with Gasteiger partial charge in [0.2, 0.25) is 5.95 Å². The number of ether oxygens (including phenoxy) is 1. The summed E-state index contributed by atoms with van der Waals surface area (Å²) in [5.41, 5.74) is 1.98. The van der Waals surface area contributed by atoms with Crippen LogP contribution in [-0.2, 0) is 4.74 Å². The van der Waals surface area contributed by atoms with E-state index in [0.29, 0.717) is 26.2 Å². The molecule has 0 amide bonds. The van der Waals surface area contributed by atoms with Crippen molar-refractivity contribution in [3.8, 4) is 0 Å². The van der Waals surface area contributed by atoms with Crippen molar-refractivity contribution < 1.29 is 9.84 Å². The maximum atomic E-state index is 8.57. The lowest BCUT2D eigenvalue weighted by Crippen LogP contribution is -2.11. The van der Waals surface area contributed by atoms with Gasteiger partial charge in [0.25, 0.3) is 0 Å². The van der Waals surface area contributed by atoms with Crippen molar-refractivity contribution in [2.75, 3.05) is 31.7 Å². The SMILES string of the molecule is OCCCOCCNc1nc2ccccc2[nH]1. The molecule has 0 aliphatic heterocycles. The molecule has 17 heavy (non-hydrogen) atoms. The summed E-state index contributed by atoms with van der Waals surface area (Å²) < 4.78 is 5.31. The highest BCUT2D eigenvalue weighted by Crippen LogP contribution is 2.12. The Bertz CT molecular complexity index is 423. The van der Waals surface area contributed by atoms with Gasteiger partial charge in [-0.3, -0.25) is 0 Å². The Kier molecular flexibility index (Phi) is 4.35. The van der Waals surface area contributed by atoms with E-state index in [4.69, 9.17) is 9.84 Å². The summed E-state index contributed by atoms with van der Waals surface area (Å²) in [6.45, 7) is 2.08. The predicted molar refractivity (Wildman–Crippen MR) is 67.1 cm³/mol. The van der Waals surface area contributed by atoms with Crippen molar-refractivity contribution in [2.45, 2.75) is 6.42 Å². The van der Waals surface area contributed by atoms with Gasteiger partial charge in [-0.15, -0.1) is 0 Å². The fraction of sp³-hybridized carbons (Fsp3) is 0.417. The van der Waals surface area contributed by atoms with Crippen LogP contribution in [0.15, 0.2) is 24.3 Å². The number of nitrogens with one attached hydrogen (secondary N) is 2. The largest absolute Gasteiger partial charge is 0.396 e. The topological polar surface area (TPSA) is 70.2 Å². The summed E-state index contributed by atoms with van der Waals surface area (Å²) in [5, 5.41) is 11.7. The zero-order valence-corrected chi connectivity index (χ0v) is 9.65. The molecule has 0 atom stereocenters. The monoisotopic (exact) mass is 235 g/mol. The number of hydrogen-bond acceptors (Lipinski definition) is 4. The first-order valence-corrected chi connectivity index (χ1v) is 5.77. The molecule has 1 aromatic carbocycles. The van der Waals surface area contributed by atoms with Crippen molar-refractivity contribution in [3.05, 3.63) is 24.3 Å². The molecule has 0 aliphatic carbocycles. The van der Waals surface area contributed by atoms with Crippen LogP contribution in [0.1, 0.15) is 6.42 Å². The van der Waals surface area contributed by atoms with Crippen LogP contribution in [0.4, 0.5) is 5.95 Å². The molecule has 5 nitrogen and oxygen atoms in total. The van der Waals surface area contributed by atoms with Gasteiger partial charge in [-0.25, -0.2) is 4.98 Å². The summed E-state index contributed by atoms with van der Waals surface area (Å²) >= 11 is 0. The van der Waals surface area contributed by atoms with Crippen LogP contribution >= 0.6 is 0 Å². The second kappa shape index (κ2) is 6.22. The Labute approximate surface area is 99.8 Å². The molecule has 2 aromatic rings. The molecule has 0 unspecified atom stereocenters. The Morgan fingerprint density at radius 3 is 3.00 bits per heavy atom. The second-order valence-corrected chi connectivity index (χ2v) is 3.72. The van der Waals surface area contributed by atoms with Gasteiger partial charge in [0.15, 0.2) is 0 Å². The van der Waals surface area contributed by atoms with Gasteiger partial charge in [0, 0.05) is 19.8 Å². The first kappa shape index (κ1) is 11.9. The number of anilines is 1. The summed E-state index contributed by atoms with van der Waals surface area (Å²) in [5.74, 6) is 0.761. The first-order valence-electron chi connectivity index (χ1n) is 5.77. The number of rotatable bonds is 7. The van der Waals surface area contributed by atoms with Gasteiger partial charge in [0.1, 0.15) is 0 Å². The summed E-state index contributed by atoms with van der Waals surface area (Å²) in [7, 11) is 0. The molecule has 2 rings (SSSR count). The lowest BCUT2D eigenvalue weighted by atomic mass is 10.3. The standard InChI is InChI=1S/C12H17N3O2/c16-7-3-8-17-9-6-13-12-14-10-4-1-2-5-11(10)15-12/h1-2,4-5,16H,3,6-9H2,(H2,13,14,15). The van der Waals surface area contributed by atoms with Gasteiger partial charge in [-0.2, -0.15) is 0 Å². The van der Waals surface area contributed by atoms with Crippen LogP contribution in [0.5, 0.6) is 0 Å². The molecule has 1 heterocycles. The smallest absolute Gasteiger partial charge is 0.201 e. The number of aromatic amines is 1. The third-order valence-electron chi connectivity index (χ3n) is 2.38. The predicted octanol–water partition coefficient (Wildman–Crippen LogP) is 1.37. The highest BCUT2D eigenvalue weighted by Gasteiger charge is 1.99. The van der Waals surface area contributed by atoms with Crippen molar-refractivity contribution in [2.24, 2.45) is 0 Å². The number of nitrogens with zero attached hydrogens (tertiary/aromatic N) is 1. The van der Waals surface area contributed by atoms with E-state index in [-0.39, 0.29) is 6.61 Å². The van der Waals surface area contributed by atoms with E-state index in [2.05, 4.69) is 15.3 Å². The Hall–Kier alpha value is -1.59. The fourth-order valence-electron chi connectivity index (χ4n) is 1.55. The van der Waals surface area contributed by atoms with Crippen molar-refractivity contribution in [3.63, 3.8) is 0 Å². The molecule has 1 aromatic heterocycles. The van der Waals surface area contributed by atoms with Crippen molar-refractivity contribution in [1.82, 2.24) is 9.97 Å². The van der Waals surface area contributed by atoms with E-state index >= 15 is 0 Å². The number of imidazole rings is 1. The maximum Gasteiger partial charge on any atom is 0.201 e. The number of aliphatic hydroxyl groups excluding tert-OH is 1. The molecule has 0 fully saturated rings. The zero-order chi connectivity index (χ0) is 11.9. The quantitative estimate of drug-likeness (QED) is 0.634. The Morgan fingerprint density at radius 1 is 1.29 bits per heavy atom. The van der Waals surface area contributed by atoms with Crippen LogP contribution in [0.3, 0.4) is 0 Å². The number of benzene rings is 1. The normalized spacial score (nSPS) is 10.9. The lowest BCUT2D eigenvalue weighted by Gasteiger charge is -2.03. The van der Waals surface area contributed by atoms with Crippen LogP contribution in [0.2, 0.25) is 0 Å². The molecule has 0 bridgehead atoms. The van der Waals surface area contributed by atoms with E-state index in [9.17, 15) is 0 Å². The summed E-state index contributed by atoms with van der Waals surface area (Å²) in [4.78, 5) is 7.56. The van der Waals surface area contributed by atoms with Gasteiger partial charge in [-0.1, -0.05) is 12.1 Å². The van der Waals surface area contributed by atoms with E-state index in [0.717, 1.165) is 17.0 Å². The number of fused-ring (bicyclic) bond motifs is 1. The van der Waals surface area contributed by atoms with E-state index in [1.54, 1.807) is 0 Å². The molecule has 0 saturated carbocycles. The minimum absolute atomic E-state index is 0.178. The number of aliphatic hydroxyl groups is 1. The van der Waals surface area contributed by atoms with E-state index in [1.807, 2.05) is 24.3 Å². The molecular formula is C12H17N3O2. The number of H-pyrrole nitrogens is 1. The Morgan fingerprint density at radius 2 is 2.18 bits per heavy atom. The highest BCUT2D eigenvalue weighted by molar-refractivity contribution is 5.77. The van der Waals surface area contributed by atoms with E-state index < -0.39 is 0 Å². The minimum Gasteiger partial charge on any atom is -0.396 e. The van der Waals surface area contributed by atoms with Crippen LogP contribution in [0, 0.1) is 0 Å². The number of para-hydroxylation sites is 2. The molecule has 0 saturated heterocycles. The van der Waals surface area contributed by atoms with Crippen molar-refractivity contribution >= 4 is 17.0 Å². The molecule has 0 radical (unpaired) electrons. The van der Waals surface area contributed by atoms with Gasteiger partial charge < -0.3 is 20.1 Å². The molecule has 5 heteroatoms. The molecular weight excluding hydrogens is 218 g/mol. The number of hydrogen-bond donors (Lipinski definition) is 3. The maximum absolute atomic E-state index is 8.57. The Balaban J connectivity index is 1.75. The van der Waals surface area contributed by atoms with E-state index in [1.165, 1.54) is 0 Å². The van der Waals surface area contributed by atoms with Crippen LogP contribution < -0.4 is 5.32 Å². The zero-order valence-electron chi connectivity index (χ0n) is 9.65. The number of aromatic nitrogens is 2. The summed E-state index contributed by atoms with van der Waals surface area (Å²) in [6, 6.07) is 7.90.